The Labute approximate surface area is 76.5 Å². The summed E-state index contributed by atoms with van der Waals surface area (Å²) < 4.78 is 5.06. The van der Waals surface area contributed by atoms with Gasteiger partial charge in [-0.1, -0.05) is 0 Å². The lowest BCUT2D eigenvalue weighted by Gasteiger charge is -2.12. The molecular formula is C8H13NO2S. The Balaban J connectivity index is 2.45. The summed E-state index contributed by atoms with van der Waals surface area (Å²) in [6, 6.07) is 0.0925. The van der Waals surface area contributed by atoms with Gasteiger partial charge in [-0.15, -0.1) is 0 Å². The first kappa shape index (κ1) is 9.45. The third-order valence-corrected chi connectivity index (χ3v) is 2.42. The maximum absolute atomic E-state index is 10.9. The highest BCUT2D eigenvalue weighted by Gasteiger charge is 2.23. The van der Waals surface area contributed by atoms with Gasteiger partial charge in [0.15, 0.2) is 0 Å². The van der Waals surface area contributed by atoms with Crippen LogP contribution in [0.1, 0.15) is 6.42 Å². The minimum absolute atomic E-state index is 0.0436. The Kier molecular flexibility index (Phi) is 3.47. The zero-order valence-corrected chi connectivity index (χ0v) is 8.11. The second-order valence-electron chi connectivity index (χ2n) is 2.59. The van der Waals surface area contributed by atoms with E-state index in [1.807, 2.05) is 6.26 Å². The van der Waals surface area contributed by atoms with Crippen molar-refractivity contribution >= 4 is 17.7 Å². The zero-order chi connectivity index (χ0) is 8.97. The number of rotatable bonds is 4. The van der Waals surface area contributed by atoms with Gasteiger partial charge in [0.1, 0.15) is 5.76 Å². The Morgan fingerprint density at radius 1 is 1.75 bits per heavy atom. The smallest absolute Gasteiger partial charge is 0.248 e. The van der Waals surface area contributed by atoms with E-state index in [2.05, 4.69) is 5.32 Å². The molecule has 0 aliphatic carbocycles. The van der Waals surface area contributed by atoms with E-state index >= 15 is 0 Å². The second kappa shape index (κ2) is 4.40. The molecule has 0 aromatic carbocycles. The molecule has 0 saturated carbocycles. The fraction of sp³-hybridized carbons (Fsp3) is 0.625. The molecule has 0 bridgehead atoms. The number of amides is 1. The highest BCUT2D eigenvalue weighted by atomic mass is 32.2. The van der Waals surface area contributed by atoms with Crippen molar-refractivity contribution in [2.45, 2.75) is 12.5 Å². The third kappa shape index (κ3) is 2.17. The number of ether oxygens (including phenoxy) is 1. The molecule has 0 aromatic rings. The van der Waals surface area contributed by atoms with Crippen LogP contribution in [0.5, 0.6) is 0 Å². The van der Waals surface area contributed by atoms with Crippen molar-refractivity contribution in [3.05, 3.63) is 11.8 Å². The molecule has 1 heterocycles. The molecule has 0 radical (unpaired) electrons. The van der Waals surface area contributed by atoms with E-state index < -0.39 is 0 Å². The summed E-state index contributed by atoms with van der Waals surface area (Å²) in [6.45, 7) is 0. The SMILES string of the molecule is COC1=CC(=O)NC1CCSC. The van der Waals surface area contributed by atoms with Crippen molar-refractivity contribution in [3.8, 4) is 0 Å². The lowest BCUT2D eigenvalue weighted by molar-refractivity contribution is -0.116. The first-order chi connectivity index (χ1) is 5.77. The molecule has 4 heteroatoms. The molecule has 0 saturated heterocycles. The summed E-state index contributed by atoms with van der Waals surface area (Å²) in [5, 5.41) is 2.82. The molecule has 0 spiro atoms. The van der Waals surface area contributed by atoms with Crippen molar-refractivity contribution in [1.29, 1.82) is 0 Å². The van der Waals surface area contributed by atoms with Crippen LogP contribution < -0.4 is 5.32 Å². The highest BCUT2D eigenvalue weighted by molar-refractivity contribution is 7.98. The van der Waals surface area contributed by atoms with Gasteiger partial charge < -0.3 is 10.1 Å². The maximum atomic E-state index is 10.9. The molecule has 1 amide bonds. The molecular weight excluding hydrogens is 174 g/mol. The summed E-state index contributed by atoms with van der Waals surface area (Å²) in [5.41, 5.74) is 0. The van der Waals surface area contributed by atoms with Gasteiger partial charge >= 0.3 is 0 Å². The van der Waals surface area contributed by atoms with Crippen LogP contribution in [0.3, 0.4) is 0 Å². The summed E-state index contributed by atoms with van der Waals surface area (Å²) in [7, 11) is 1.60. The lowest BCUT2D eigenvalue weighted by Crippen LogP contribution is -2.29. The molecule has 0 aromatic heterocycles. The Hall–Kier alpha value is -0.640. The molecule has 0 fully saturated rings. The molecule has 68 valence electrons. The number of carbonyl (C=O) groups is 1. The van der Waals surface area contributed by atoms with Crippen molar-refractivity contribution in [3.63, 3.8) is 0 Å². The predicted molar refractivity (Wildman–Crippen MR) is 50.0 cm³/mol. The molecule has 3 nitrogen and oxygen atoms in total. The molecule has 1 aliphatic rings. The van der Waals surface area contributed by atoms with Crippen molar-refractivity contribution in [2.24, 2.45) is 0 Å². The van der Waals surface area contributed by atoms with Crippen molar-refractivity contribution in [2.75, 3.05) is 19.1 Å². The fourth-order valence-electron chi connectivity index (χ4n) is 1.17. The zero-order valence-electron chi connectivity index (χ0n) is 7.29. The maximum Gasteiger partial charge on any atom is 0.248 e. The number of nitrogens with one attached hydrogen (secondary N) is 1. The minimum atomic E-state index is -0.0436. The molecule has 1 rings (SSSR count). The number of hydrogen-bond donors (Lipinski definition) is 1. The Morgan fingerprint density at radius 2 is 2.50 bits per heavy atom. The van der Waals surface area contributed by atoms with E-state index in [1.165, 1.54) is 6.08 Å². The summed E-state index contributed by atoms with van der Waals surface area (Å²) >= 11 is 1.77. The summed E-state index contributed by atoms with van der Waals surface area (Å²) in [6.07, 6.45) is 4.50. The van der Waals surface area contributed by atoms with Gasteiger partial charge in [-0.25, -0.2) is 0 Å². The van der Waals surface area contributed by atoms with E-state index in [1.54, 1.807) is 18.9 Å². The van der Waals surface area contributed by atoms with Crippen LogP contribution in [0, 0.1) is 0 Å². The van der Waals surface area contributed by atoms with Gasteiger partial charge in [-0.2, -0.15) is 11.8 Å². The van der Waals surface area contributed by atoms with Gasteiger partial charge in [0.2, 0.25) is 5.91 Å². The molecule has 12 heavy (non-hydrogen) atoms. The van der Waals surface area contributed by atoms with Crippen LogP contribution in [0.2, 0.25) is 0 Å². The van der Waals surface area contributed by atoms with E-state index in [0.717, 1.165) is 17.9 Å². The van der Waals surface area contributed by atoms with Gasteiger partial charge in [0.05, 0.1) is 13.2 Å². The number of thioether (sulfide) groups is 1. The normalized spacial score (nSPS) is 22.0. The van der Waals surface area contributed by atoms with Crippen molar-refractivity contribution < 1.29 is 9.53 Å². The van der Waals surface area contributed by atoms with E-state index in [4.69, 9.17) is 4.74 Å². The van der Waals surface area contributed by atoms with Gasteiger partial charge in [0.25, 0.3) is 0 Å². The molecule has 1 N–H and O–H groups in total. The largest absolute Gasteiger partial charge is 0.499 e. The standard InChI is InChI=1S/C8H13NO2S/c1-11-7-5-8(10)9-6(7)3-4-12-2/h5-6H,3-4H2,1-2H3,(H,9,10). The first-order valence-corrected chi connectivity index (χ1v) is 5.22. The first-order valence-electron chi connectivity index (χ1n) is 3.83. The van der Waals surface area contributed by atoms with Crippen LogP contribution in [-0.4, -0.2) is 31.1 Å². The number of carbonyl (C=O) groups excluding carboxylic acids is 1. The second-order valence-corrected chi connectivity index (χ2v) is 3.58. The van der Waals surface area contributed by atoms with E-state index in [9.17, 15) is 4.79 Å². The Bertz CT molecular complexity index is 203. The molecule has 1 atom stereocenters. The van der Waals surface area contributed by atoms with Crippen LogP contribution in [0.4, 0.5) is 0 Å². The quantitative estimate of drug-likeness (QED) is 0.706. The fourth-order valence-corrected chi connectivity index (χ4v) is 1.64. The molecule has 1 aliphatic heterocycles. The van der Waals surface area contributed by atoms with E-state index in [-0.39, 0.29) is 11.9 Å². The average Bonchev–Trinajstić information content (AvgIpc) is 2.42. The van der Waals surface area contributed by atoms with Crippen LogP contribution in [0.15, 0.2) is 11.8 Å². The van der Waals surface area contributed by atoms with Crippen LogP contribution >= 0.6 is 11.8 Å². The number of hydrogen-bond acceptors (Lipinski definition) is 3. The minimum Gasteiger partial charge on any atom is -0.499 e. The lowest BCUT2D eigenvalue weighted by atomic mass is 10.2. The van der Waals surface area contributed by atoms with Gasteiger partial charge in [-0.3, -0.25) is 4.79 Å². The monoisotopic (exact) mass is 187 g/mol. The van der Waals surface area contributed by atoms with Crippen LogP contribution in [-0.2, 0) is 9.53 Å². The summed E-state index contributed by atoms with van der Waals surface area (Å²) in [5.74, 6) is 1.75. The van der Waals surface area contributed by atoms with Crippen LogP contribution in [0.25, 0.3) is 0 Å². The average molecular weight is 187 g/mol. The summed E-state index contributed by atoms with van der Waals surface area (Å²) in [4.78, 5) is 10.9. The Morgan fingerprint density at radius 3 is 3.08 bits per heavy atom. The van der Waals surface area contributed by atoms with Crippen molar-refractivity contribution in [1.82, 2.24) is 5.32 Å². The topological polar surface area (TPSA) is 38.3 Å². The third-order valence-electron chi connectivity index (χ3n) is 1.78. The highest BCUT2D eigenvalue weighted by Crippen LogP contribution is 2.14. The number of methoxy groups -OCH3 is 1. The van der Waals surface area contributed by atoms with E-state index in [0.29, 0.717) is 0 Å². The predicted octanol–water partition coefficient (Wildman–Crippen LogP) is 0.768. The van der Waals surface area contributed by atoms with Gasteiger partial charge in [-0.05, 0) is 18.4 Å². The van der Waals surface area contributed by atoms with Gasteiger partial charge in [0, 0.05) is 6.08 Å². The molecule has 1 unspecified atom stereocenters.